The maximum Gasteiger partial charge on any atom is 0.338 e. The van der Waals surface area contributed by atoms with Crippen LogP contribution in [-0.2, 0) is 33.7 Å². The molecule has 268 valence electrons. The first-order chi connectivity index (χ1) is 24.5. The Balaban J connectivity index is 1.22. The minimum absolute atomic E-state index is 0.111. The van der Waals surface area contributed by atoms with E-state index in [0.29, 0.717) is 48.2 Å². The van der Waals surface area contributed by atoms with Crippen molar-refractivity contribution in [1.29, 1.82) is 0 Å². The van der Waals surface area contributed by atoms with Crippen LogP contribution in [0, 0.1) is 12.8 Å². The zero-order valence-electron chi connectivity index (χ0n) is 30.2. The number of esters is 2. The highest BCUT2D eigenvalue weighted by atomic mass is 16.6. The Labute approximate surface area is 300 Å². The number of rotatable bonds is 13. The SMILES string of the molecule is CCOC(=O)c1ccccc1Cc1ccc(N2CCC(Cc3nc(C)c(OCc4ccccc4)c(C(=O)NCC(=O)OC(C)(C)C)n3)CC2)cc1. The van der Waals surface area contributed by atoms with Crippen LogP contribution in [0.25, 0.3) is 0 Å². The summed E-state index contributed by atoms with van der Waals surface area (Å²) in [6.07, 6.45) is 3.17. The van der Waals surface area contributed by atoms with Gasteiger partial charge in [-0.25, -0.2) is 14.8 Å². The Morgan fingerprint density at radius 1 is 0.882 bits per heavy atom. The molecule has 0 aliphatic carbocycles. The average Bonchev–Trinajstić information content (AvgIpc) is 3.11. The third kappa shape index (κ3) is 10.6. The van der Waals surface area contributed by atoms with Crippen LogP contribution in [-0.4, -0.2) is 59.7 Å². The lowest BCUT2D eigenvalue weighted by atomic mass is 9.92. The lowest BCUT2D eigenvalue weighted by Crippen LogP contribution is -2.36. The molecule has 1 aliphatic rings. The van der Waals surface area contributed by atoms with Crippen LogP contribution in [0.2, 0.25) is 0 Å². The van der Waals surface area contributed by atoms with E-state index in [-0.39, 0.29) is 24.8 Å². The molecule has 2 heterocycles. The van der Waals surface area contributed by atoms with Crippen molar-refractivity contribution in [3.63, 3.8) is 0 Å². The van der Waals surface area contributed by atoms with Crippen LogP contribution in [0.1, 0.15) is 89.6 Å². The van der Waals surface area contributed by atoms with Crippen molar-refractivity contribution in [1.82, 2.24) is 15.3 Å². The molecule has 0 saturated carbocycles. The van der Waals surface area contributed by atoms with Gasteiger partial charge in [-0.3, -0.25) is 9.59 Å². The van der Waals surface area contributed by atoms with Crippen LogP contribution in [0.15, 0.2) is 78.9 Å². The van der Waals surface area contributed by atoms with Crippen molar-refractivity contribution in [2.45, 2.75) is 72.5 Å². The van der Waals surface area contributed by atoms with E-state index in [4.69, 9.17) is 24.2 Å². The minimum atomic E-state index is -0.664. The van der Waals surface area contributed by atoms with Gasteiger partial charge in [-0.15, -0.1) is 0 Å². The maximum absolute atomic E-state index is 13.4. The minimum Gasteiger partial charge on any atom is -0.485 e. The number of carbonyl (C=O) groups excluding carboxylic acids is 3. The van der Waals surface area contributed by atoms with Gasteiger partial charge in [0.25, 0.3) is 5.91 Å². The van der Waals surface area contributed by atoms with Crippen molar-refractivity contribution in [2.75, 3.05) is 31.1 Å². The van der Waals surface area contributed by atoms with Crippen LogP contribution in [0.5, 0.6) is 5.75 Å². The molecule has 0 spiro atoms. The molecule has 10 nitrogen and oxygen atoms in total. The smallest absolute Gasteiger partial charge is 0.338 e. The van der Waals surface area contributed by atoms with Crippen molar-refractivity contribution in [3.05, 3.63) is 118 Å². The Morgan fingerprint density at radius 2 is 1.57 bits per heavy atom. The van der Waals surface area contributed by atoms with Gasteiger partial charge in [-0.1, -0.05) is 60.7 Å². The van der Waals surface area contributed by atoms with E-state index in [1.165, 1.54) is 0 Å². The van der Waals surface area contributed by atoms with Crippen LogP contribution in [0.4, 0.5) is 5.69 Å². The fourth-order valence-electron chi connectivity index (χ4n) is 6.16. The van der Waals surface area contributed by atoms with Crippen molar-refractivity contribution < 1.29 is 28.6 Å². The van der Waals surface area contributed by atoms with Crippen LogP contribution >= 0.6 is 0 Å². The second-order valence-corrected chi connectivity index (χ2v) is 13.8. The number of aromatic nitrogens is 2. The molecule has 0 radical (unpaired) electrons. The molecule has 0 atom stereocenters. The number of benzene rings is 3. The average molecular weight is 693 g/mol. The van der Waals surface area contributed by atoms with Gasteiger partial charge >= 0.3 is 11.9 Å². The van der Waals surface area contributed by atoms with Gasteiger partial charge in [0.05, 0.1) is 17.9 Å². The number of hydrogen-bond acceptors (Lipinski definition) is 9. The summed E-state index contributed by atoms with van der Waals surface area (Å²) in [7, 11) is 0. The summed E-state index contributed by atoms with van der Waals surface area (Å²) in [4.78, 5) is 50.0. The van der Waals surface area contributed by atoms with Crippen molar-refractivity contribution in [2.24, 2.45) is 5.92 Å². The number of ether oxygens (including phenoxy) is 3. The maximum atomic E-state index is 13.4. The summed E-state index contributed by atoms with van der Waals surface area (Å²) >= 11 is 0. The van der Waals surface area contributed by atoms with E-state index in [0.717, 1.165) is 48.3 Å². The van der Waals surface area contributed by atoms with Crippen molar-refractivity contribution >= 4 is 23.5 Å². The number of aryl methyl sites for hydroxylation is 1. The molecule has 51 heavy (non-hydrogen) atoms. The van der Waals surface area contributed by atoms with E-state index in [1.54, 1.807) is 20.8 Å². The molecule has 5 rings (SSSR count). The second-order valence-electron chi connectivity index (χ2n) is 13.8. The Hall–Kier alpha value is -5.25. The number of nitrogens with zero attached hydrogens (tertiary/aromatic N) is 3. The zero-order chi connectivity index (χ0) is 36.4. The molecule has 0 unspecified atom stereocenters. The molecule has 10 heteroatoms. The summed E-state index contributed by atoms with van der Waals surface area (Å²) in [6.45, 7) is 11.0. The molecule has 1 fully saturated rings. The fraction of sp³-hybridized carbons (Fsp3) is 0.390. The highest BCUT2D eigenvalue weighted by Gasteiger charge is 2.25. The van der Waals surface area contributed by atoms with Crippen LogP contribution < -0.4 is 15.0 Å². The summed E-state index contributed by atoms with van der Waals surface area (Å²) < 4.78 is 16.7. The molecule has 1 aromatic heterocycles. The standard InChI is InChI=1S/C41H48N4O6/c1-6-49-40(48)34-15-11-10-14-32(34)24-29-16-18-33(19-17-29)45-22-20-30(21-23-45)25-35-43-28(2)38(50-27-31-12-8-7-9-13-31)37(44-35)39(47)42-26-36(46)51-41(3,4)5/h7-19,30H,6,20-27H2,1-5H3,(H,42,47). The molecule has 4 aromatic rings. The zero-order valence-corrected chi connectivity index (χ0v) is 30.2. The summed E-state index contributed by atoms with van der Waals surface area (Å²) in [5.41, 5.74) is 4.80. The Morgan fingerprint density at radius 3 is 2.25 bits per heavy atom. The highest BCUT2D eigenvalue weighted by molar-refractivity contribution is 5.97. The second kappa shape index (κ2) is 17.1. The van der Waals surface area contributed by atoms with Gasteiger partial charge in [-0.05, 0) is 94.7 Å². The Kier molecular flexibility index (Phi) is 12.4. The first-order valence-electron chi connectivity index (χ1n) is 17.6. The predicted molar refractivity (Wildman–Crippen MR) is 196 cm³/mol. The number of anilines is 1. The summed E-state index contributed by atoms with van der Waals surface area (Å²) in [6, 6.07) is 25.8. The molecule has 1 saturated heterocycles. The van der Waals surface area contributed by atoms with Gasteiger partial charge in [0.2, 0.25) is 0 Å². The van der Waals surface area contributed by atoms with Gasteiger partial charge in [0.15, 0.2) is 11.4 Å². The van der Waals surface area contributed by atoms with E-state index in [9.17, 15) is 14.4 Å². The largest absolute Gasteiger partial charge is 0.485 e. The molecule has 3 aromatic carbocycles. The molecule has 1 aliphatic heterocycles. The van der Waals surface area contributed by atoms with Gasteiger partial charge in [0, 0.05) is 25.2 Å². The van der Waals surface area contributed by atoms with E-state index < -0.39 is 17.5 Å². The fourth-order valence-corrected chi connectivity index (χ4v) is 6.16. The number of nitrogens with one attached hydrogen (secondary N) is 1. The van der Waals surface area contributed by atoms with Gasteiger partial charge in [0.1, 0.15) is 24.6 Å². The first-order valence-corrected chi connectivity index (χ1v) is 17.6. The van der Waals surface area contributed by atoms with Crippen LogP contribution in [0.3, 0.4) is 0 Å². The molecule has 1 amide bonds. The number of amides is 1. The van der Waals surface area contributed by atoms with Gasteiger partial charge in [-0.2, -0.15) is 0 Å². The van der Waals surface area contributed by atoms with E-state index in [2.05, 4.69) is 34.5 Å². The number of piperidine rings is 1. The monoisotopic (exact) mass is 692 g/mol. The van der Waals surface area contributed by atoms with Crippen molar-refractivity contribution in [3.8, 4) is 5.75 Å². The predicted octanol–water partition coefficient (Wildman–Crippen LogP) is 6.66. The van der Waals surface area contributed by atoms with E-state index in [1.807, 2.05) is 68.4 Å². The highest BCUT2D eigenvalue weighted by Crippen LogP contribution is 2.28. The molecular weight excluding hydrogens is 644 g/mol. The summed E-state index contributed by atoms with van der Waals surface area (Å²) in [5, 5.41) is 2.66. The first kappa shape index (κ1) is 37.0. The quantitative estimate of drug-likeness (QED) is 0.153. The number of hydrogen-bond donors (Lipinski definition) is 1. The molecule has 1 N–H and O–H groups in total. The molecular formula is C41H48N4O6. The third-order valence-corrected chi connectivity index (χ3v) is 8.63. The van der Waals surface area contributed by atoms with Gasteiger partial charge < -0.3 is 24.4 Å². The molecule has 0 bridgehead atoms. The van der Waals surface area contributed by atoms with E-state index >= 15 is 0 Å². The Bertz CT molecular complexity index is 1800. The number of carbonyl (C=O) groups is 3. The topological polar surface area (TPSA) is 120 Å². The lowest BCUT2D eigenvalue weighted by molar-refractivity contribution is -0.153. The summed E-state index contributed by atoms with van der Waals surface area (Å²) in [5.74, 6) is -0.126. The lowest BCUT2D eigenvalue weighted by Gasteiger charge is -2.33. The normalized spacial score (nSPS) is 13.4. The third-order valence-electron chi connectivity index (χ3n) is 8.63.